The maximum atomic E-state index is 13.6. The van der Waals surface area contributed by atoms with Gasteiger partial charge in [0, 0.05) is 11.8 Å². The van der Waals surface area contributed by atoms with Crippen molar-refractivity contribution in [2.24, 2.45) is 0 Å². The van der Waals surface area contributed by atoms with Crippen molar-refractivity contribution in [3.63, 3.8) is 0 Å². The first-order chi connectivity index (χ1) is 9.23. The third-order valence-corrected chi connectivity index (χ3v) is 6.25. The fourth-order valence-corrected chi connectivity index (χ4v) is 4.58. The third kappa shape index (κ3) is 3.70. The van der Waals surface area contributed by atoms with Gasteiger partial charge in [0.2, 0.25) is 10.0 Å². The molecular formula is C11H12Cl4FNO2S. The molecule has 0 aromatic heterocycles. The van der Waals surface area contributed by atoms with Gasteiger partial charge in [-0.05, 0) is 18.6 Å². The van der Waals surface area contributed by atoms with Crippen LogP contribution in [-0.4, -0.2) is 25.7 Å². The van der Waals surface area contributed by atoms with Crippen LogP contribution in [0, 0.1) is 5.82 Å². The number of hydrogen-bond donors (Lipinski definition) is 1. The number of nitrogens with one attached hydrogen (secondary N) is 1. The second-order valence-corrected chi connectivity index (χ2v) is 7.15. The molecule has 9 heteroatoms. The zero-order valence-corrected chi connectivity index (χ0v) is 14.2. The molecular weight excluding hydrogens is 371 g/mol. The molecule has 0 heterocycles. The van der Waals surface area contributed by atoms with Crippen molar-refractivity contribution in [2.75, 3.05) is 11.8 Å². The Morgan fingerprint density at radius 1 is 1.25 bits per heavy atom. The van der Waals surface area contributed by atoms with E-state index in [2.05, 4.69) is 4.72 Å². The van der Waals surface area contributed by atoms with Gasteiger partial charge < -0.3 is 0 Å². The maximum absolute atomic E-state index is 13.6. The molecule has 1 aromatic carbocycles. The van der Waals surface area contributed by atoms with Gasteiger partial charge in [0.05, 0.1) is 15.6 Å². The van der Waals surface area contributed by atoms with E-state index in [9.17, 15) is 12.8 Å². The normalized spacial score (nSPS) is 12.7. The molecule has 0 atom stereocenters. The van der Waals surface area contributed by atoms with E-state index < -0.39 is 31.3 Å². The van der Waals surface area contributed by atoms with Crippen LogP contribution in [0.3, 0.4) is 0 Å². The zero-order valence-electron chi connectivity index (χ0n) is 10.4. The van der Waals surface area contributed by atoms with E-state index in [0.29, 0.717) is 6.42 Å². The number of hydrogen-bond acceptors (Lipinski definition) is 2. The monoisotopic (exact) mass is 381 g/mol. The average molecular weight is 383 g/mol. The van der Waals surface area contributed by atoms with Crippen molar-refractivity contribution in [1.29, 1.82) is 0 Å². The fraction of sp³-hybridized carbons (Fsp3) is 0.455. The van der Waals surface area contributed by atoms with Crippen LogP contribution in [-0.2, 0) is 10.0 Å². The summed E-state index contributed by atoms with van der Waals surface area (Å²) in [7, 11) is -4.07. The predicted molar refractivity (Wildman–Crippen MR) is 81.2 cm³/mol. The molecule has 0 aliphatic rings. The Morgan fingerprint density at radius 3 is 2.25 bits per heavy atom. The SMILES string of the molecule is CCC(CCl)(CCl)NS(=O)(=O)c1ccc(Cl)c(F)c1Cl. The van der Waals surface area contributed by atoms with Crippen LogP contribution in [0.5, 0.6) is 0 Å². The highest BCUT2D eigenvalue weighted by atomic mass is 35.5. The van der Waals surface area contributed by atoms with Crippen molar-refractivity contribution in [1.82, 2.24) is 4.72 Å². The van der Waals surface area contributed by atoms with Crippen molar-refractivity contribution in [3.8, 4) is 0 Å². The second-order valence-electron chi connectivity index (χ2n) is 4.18. The Labute approximate surface area is 137 Å². The molecule has 0 spiro atoms. The van der Waals surface area contributed by atoms with E-state index in [1.54, 1.807) is 6.92 Å². The third-order valence-electron chi connectivity index (χ3n) is 2.83. The van der Waals surface area contributed by atoms with E-state index in [-0.39, 0.29) is 16.8 Å². The van der Waals surface area contributed by atoms with Crippen molar-refractivity contribution in [3.05, 3.63) is 28.0 Å². The molecule has 0 saturated carbocycles. The van der Waals surface area contributed by atoms with Gasteiger partial charge >= 0.3 is 0 Å². The quantitative estimate of drug-likeness (QED) is 0.596. The molecule has 0 aliphatic carbocycles. The predicted octanol–water partition coefficient (Wildman–Crippen LogP) is 4.04. The van der Waals surface area contributed by atoms with Gasteiger partial charge in [0.1, 0.15) is 4.90 Å². The van der Waals surface area contributed by atoms with Crippen molar-refractivity contribution in [2.45, 2.75) is 23.8 Å². The van der Waals surface area contributed by atoms with E-state index in [0.717, 1.165) is 12.1 Å². The molecule has 0 aliphatic heterocycles. The average Bonchev–Trinajstić information content (AvgIpc) is 2.42. The molecule has 0 unspecified atom stereocenters. The van der Waals surface area contributed by atoms with Crippen LogP contribution in [0.1, 0.15) is 13.3 Å². The standard InChI is InChI=1S/C11H12Cl4FNO2S/c1-2-11(5-12,6-13)17-20(18,19)8-4-3-7(14)10(16)9(8)15/h3-4,17H,2,5-6H2,1H3. The van der Waals surface area contributed by atoms with Gasteiger partial charge in [-0.15, -0.1) is 23.2 Å². The zero-order chi connectivity index (χ0) is 15.6. The Hall–Kier alpha value is 0.220. The first-order valence-electron chi connectivity index (χ1n) is 5.52. The number of alkyl halides is 2. The molecule has 1 N–H and O–H groups in total. The summed E-state index contributed by atoms with van der Waals surface area (Å²) >= 11 is 22.8. The fourth-order valence-electron chi connectivity index (χ4n) is 1.41. The lowest BCUT2D eigenvalue weighted by Crippen LogP contribution is -2.51. The van der Waals surface area contributed by atoms with Crippen molar-refractivity contribution >= 4 is 56.4 Å². The minimum Gasteiger partial charge on any atom is -0.207 e. The number of rotatable bonds is 6. The van der Waals surface area contributed by atoms with E-state index in [1.165, 1.54) is 0 Å². The number of benzene rings is 1. The second kappa shape index (κ2) is 6.99. The molecule has 0 saturated heterocycles. The molecule has 3 nitrogen and oxygen atoms in total. The van der Waals surface area contributed by atoms with Crippen molar-refractivity contribution < 1.29 is 12.8 Å². The molecule has 0 bridgehead atoms. The lowest BCUT2D eigenvalue weighted by molar-refractivity contribution is 0.449. The number of sulfonamides is 1. The van der Waals surface area contributed by atoms with Gasteiger partial charge in [-0.25, -0.2) is 17.5 Å². The summed E-state index contributed by atoms with van der Waals surface area (Å²) in [5.41, 5.74) is -1.03. The molecule has 114 valence electrons. The van der Waals surface area contributed by atoms with Crippen LogP contribution < -0.4 is 4.72 Å². The van der Waals surface area contributed by atoms with E-state index in [4.69, 9.17) is 46.4 Å². The molecule has 0 radical (unpaired) electrons. The van der Waals surface area contributed by atoms with E-state index >= 15 is 0 Å². The van der Waals surface area contributed by atoms with Gasteiger partial charge in [0.15, 0.2) is 5.82 Å². The minimum absolute atomic E-state index is 0.0279. The van der Waals surface area contributed by atoms with E-state index in [1.807, 2.05) is 0 Å². The molecule has 0 fully saturated rings. The molecule has 1 aromatic rings. The van der Waals surface area contributed by atoms with Gasteiger partial charge in [-0.1, -0.05) is 30.1 Å². The molecule has 0 amide bonds. The largest absolute Gasteiger partial charge is 0.242 e. The van der Waals surface area contributed by atoms with Gasteiger partial charge in [0.25, 0.3) is 0 Å². The smallest absolute Gasteiger partial charge is 0.207 e. The van der Waals surface area contributed by atoms with Crippen LogP contribution in [0.15, 0.2) is 17.0 Å². The lowest BCUT2D eigenvalue weighted by Gasteiger charge is -2.29. The van der Waals surface area contributed by atoms with Gasteiger partial charge in [-0.3, -0.25) is 0 Å². The highest BCUT2D eigenvalue weighted by Crippen LogP contribution is 2.30. The Bertz CT molecular complexity index is 582. The van der Waals surface area contributed by atoms with Crippen LogP contribution in [0.4, 0.5) is 4.39 Å². The van der Waals surface area contributed by atoms with Crippen LogP contribution >= 0.6 is 46.4 Å². The summed E-state index contributed by atoms with van der Waals surface area (Å²) in [6.07, 6.45) is 0.368. The Morgan fingerprint density at radius 2 is 1.80 bits per heavy atom. The van der Waals surface area contributed by atoms with Crippen LogP contribution in [0.25, 0.3) is 0 Å². The summed E-state index contributed by atoms with van der Waals surface area (Å²) in [6.45, 7) is 1.73. The highest BCUT2D eigenvalue weighted by molar-refractivity contribution is 7.89. The molecule has 1 rings (SSSR count). The Balaban J connectivity index is 3.28. The Kier molecular flexibility index (Phi) is 6.38. The minimum atomic E-state index is -4.07. The lowest BCUT2D eigenvalue weighted by atomic mass is 10.0. The summed E-state index contributed by atoms with van der Waals surface area (Å²) in [5, 5.41) is -0.829. The highest BCUT2D eigenvalue weighted by Gasteiger charge is 2.34. The van der Waals surface area contributed by atoms with Crippen LogP contribution in [0.2, 0.25) is 10.0 Å². The summed E-state index contributed by atoms with van der Waals surface area (Å²) in [5.74, 6) is -1.05. The van der Waals surface area contributed by atoms with Gasteiger partial charge in [-0.2, -0.15) is 0 Å². The topological polar surface area (TPSA) is 46.2 Å². The first-order valence-corrected chi connectivity index (χ1v) is 8.83. The number of halogens is 5. The summed E-state index contributed by atoms with van der Waals surface area (Å²) in [4.78, 5) is -0.408. The molecule has 20 heavy (non-hydrogen) atoms. The summed E-state index contributed by atoms with van der Waals surface area (Å²) < 4.78 is 40.5. The maximum Gasteiger partial charge on any atom is 0.242 e. The summed E-state index contributed by atoms with van der Waals surface area (Å²) in [6, 6.07) is 2.24. The first kappa shape index (κ1) is 18.3.